The van der Waals surface area contributed by atoms with E-state index < -0.39 is 11.2 Å². The Morgan fingerprint density at radius 3 is 2.30 bits per heavy atom. The largest absolute Gasteiger partial charge is 0.460 e. The number of rotatable bonds is 4. The van der Waals surface area contributed by atoms with Crippen LogP contribution in [-0.2, 0) is 33.3 Å². The first kappa shape index (κ1) is 25.5. The third-order valence-electron chi connectivity index (χ3n) is 7.50. The van der Waals surface area contributed by atoms with Crippen molar-refractivity contribution in [3.8, 4) is 0 Å². The first-order chi connectivity index (χ1) is 15.2. The molecule has 0 N–H and O–H groups in total. The predicted molar refractivity (Wildman–Crippen MR) is 122 cm³/mol. The Bertz CT molecular complexity index is 883. The molecule has 1 aliphatic carbocycles. The molecule has 184 valence electrons. The Hall–Kier alpha value is -2.15. The zero-order valence-corrected chi connectivity index (χ0v) is 21.2. The first-order valence-electron chi connectivity index (χ1n) is 11.8. The minimum Gasteiger partial charge on any atom is -0.460 e. The molecule has 33 heavy (non-hydrogen) atoms. The molecule has 0 aromatic carbocycles. The molecule has 7 nitrogen and oxygen atoms in total. The highest BCUT2D eigenvalue weighted by atomic mass is 16.6. The number of hydrogen-bond acceptors (Lipinski definition) is 7. The van der Waals surface area contributed by atoms with E-state index in [0.29, 0.717) is 18.6 Å². The Morgan fingerprint density at radius 2 is 1.73 bits per heavy atom. The van der Waals surface area contributed by atoms with Crippen LogP contribution in [0.25, 0.3) is 0 Å². The lowest BCUT2D eigenvalue weighted by molar-refractivity contribution is -0.184. The Balaban J connectivity index is 2.18. The molecule has 0 aromatic rings. The van der Waals surface area contributed by atoms with Gasteiger partial charge in [-0.15, -0.1) is 0 Å². The van der Waals surface area contributed by atoms with Crippen LogP contribution in [0.3, 0.4) is 0 Å². The van der Waals surface area contributed by atoms with E-state index in [0.717, 1.165) is 18.4 Å². The van der Waals surface area contributed by atoms with Crippen molar-refractivity contribution in [3.63, 3.8) is 0 Å². The summed E-state index contributed by atoms with van der Waals surface area (Å²) in [4.78, 5) is 36.0. The fourth-order valence-electron chi connectivity index (χ4n) is 6.27. The van der Waals surface area contributed by atoms with Gasteiger partial charge in [-0.3, -0.25) is 14.4 Å². The van der Waals surface area contributed by atoms with E-state index in [1.54, 1.807) is 0 Å². The normalized spacial score (nSPS) is 35.9. The maximum atomic E-state index is 12.1. The third-order valence-corrected chi connectivity index (χ3v) is 7.50. The van der Waals surface area contributed by atoms with E-state index in [1.807, 2.05) is 27.7 Å². The van der Waals surface area contributed by atoms with Gasteiger partial charge in [0, 0.05) is 44.9 Å². The Labute approximate surface area is 196 Å². The fraction of sp³-hybridized carbons (Fsp3) is 0.731. The van der Waals surface area contributed by atoms with Gasteiger partial charge in [-0.25, -0.2) is 0 Å². The lowest BCUT2D eigenvalue weighted by atomic mass is 9.61. The van der Waals surface area contributed by atoms with Gasteiger partial charge >= 0.3 is 17.9 Å². The number of carbonyl (C=O) groups excluding carboxylic acids is 3. The van der Waals surface area contributed by atoms with Crippen molar-refractivity contribution < 1.29 is 33.3 Å². The number of hydrogen-bond donors (Lipinski definition) is 0. The number of carbonyl (C=O) groups is 3. The van der Waals surface area contributed by atoms with Crippen LogP contribution in [0.5, 0.6) is 0 Å². The van der Waals surface area contributed by atoms with Crippen molar-refractivity contribution in [1.82, 2.24) is 0 Å². The minimum atomic E-state index is -0.844. The number of allylic oxidation sites excluding steroid dienone is 2. The van der Waals surface area contributed by atoms with E-state index in [2.05, 4.69) is 13.0 Å². The van der Waals surface area contributed by atoms with Crippen LogP contribution >= 0.6 is 0 Å². The number of ether oxygens (including phenoxy) is 4. The molecule has 0 spiro atoms. The Morgan fingerprint density at radius 1 is 1.06 bits per heavy atom. The molecule has 0 amide bonds. The molecule has 3 rings (SSSR count). The van der Waals surface area contributed by atoms with Crippen LogP contribution in [0.1, 0.15) is 81.1 Å². The van der Waals surface area contributed by atoms with E-state index in [4.69, 9.17) is 18.9 Å². The average molecular weight is 463 g/mol. The summed E-state index contributed by atoms with van der Waals surface area (Å²) in [6.45, 7) is 14.0. The summed E-state index contributed by atoms with van der Waals surface area (Å²) < 4.78 is 24.2. The summed E-state index contributed by atoms with van der Waals surface area (Å²) in [7, 11) is 0. The van der Waals surface area contributed by atoms with Gasteiger partial charge in [0.1, 0.15) is 23.1 Å². The summed E-state index contributed by atoms with van der Waals surface area (Å²) in [6.07, 6.45) is 4.23. The maximum absolute atomic E-state index is 12.1. The topological polar surface area (TPSA) is 88.1 Å². The van der Waals surface area contributed by atoms with Crippen LogP contribution < -0.4 is 0 Å². The zero-order chi connectivity index (χ0) is 24.7. The van der Waals surface area contributed by atoms with E-state index in [-0.39, 0.29) is 47.9 Å². The van der Waals surface area contributed by atoms with Crippen molar-refractivity contribution in [3.05, 3.63) is 23.0 Å². The molecule has 0 saturated carbocycles. The van der Waals surface area contributed by atoms with Crippen LogP contribution in [0, 0.1) is 17.8 Å². The van der Waals surface area contributed by atoms with Crippen LogP contribution in [0.2, 0.25) is 0 Å². The smallest absolute Gasteiger partial charge is 0.307 e. The summed E-state index contributed by atoms with van der Waals surface area (Å²) in [5, 5.41) is 0. The van der Waals surface area contributed by atoms with Crippen molar-refractivity contribution in [1.29, 1.82) is 0 Å². The number of esters is 3. The second-order valence-corrected chi connectivity index (χ2v) is 10.6. The van der Waals surface area contributed by atoms with Gasteiger partial charge in [-0.05, 0) is 59.5 Å². The highest BCUT2D eigenvalue weighted by molar-refractivity contribution is 5.68. The van der Waals surface area contributed by atoms with Crippen LogP contribution in [0.4, 0.5) is 0 Å². The molecule has 3 aliphatic rings. The molecule has 6 atom stereocenters. The molecule has 1 saturated heterocycles. The summed E-state index contributed by atoms with van der Waals surface area (Å²) in [5.74, 6) is -0.810. The summed E-state index contributed by atoms with van der Waals surface area (Å²) >= 11 is 0. The first-order valence-corrected chi connectivity index (χ1v) is 11.8. The van der Waals surface area contributed by atoms with Crippen molar-refractivity contribution in [2.24, 2.45) is 17.8 Å². The predicted octanol–water partition coefficient (Wildman–Crippen LogP) is 4.64. The molecule has 1 fully saturated rings. The molecule has 7 heteroatoms. The standard InChI is InChI=1S/C26H38O7/c1-14-10-9-11-26(8,33-18(5)29)24-23-19(25(6,7)32-17(4)28)13-20(30-16(3)27)15(2)22(23)21(12-14)31-24/h10,19,21-24H,9,11-13H2,1-8H3/b14-10+/t19-,21-,22+,23+,24-,26-/m0/s1. The Kier molecular flexibility index (Phi) is 7.13. The lowest BCUT2D eigenvalue weighted by Gasteiger charge is -2.47. The van der Waals surface area contributed by atoms with Gasteiger partial charge in [0.15, 0.2) is 0 Å². The highest BCUT2D eigenvalue weighted by Gasteiger charge is 2.61. The summed E-state index contributed by atoms with van der Waals surface area (Å²) in [6, 6.07) is 0. The van der Waals surface area contributed by atoms with Gasteiger partial charge < -0.3 is 18.9 Å². The van der Waals surface area contributed by atoms with Gasteiger partial charge in [0.05, 0.1) is 6.10 Å². The minimum absolute atomic E-state index is 0.0609. The monoisotopic (exact) mass is 462 g/mol. The molecular weight excluding hydrogens is 424 g/mol. The second kappa shape index (κ2) is 9.24. The van der Waals surface area contributed by atoms with Crippen LogP contribution in [-0.4, -0.2) is 41.3 Å². The van der Waals surface area contributed by atoms with Crippen molar-refractivity contribution in [2.75, 3.05) is 0 Å². The average Bonchev–Trinajstić information content (AvgIpc) is 3.03. The molecule has 2 heterocycles. The van der Waals surface area contributed by atoms with Crippen molar-refractivity contribution in [2.45, 2.75) is 104 Å². The highest BCUT2D eigenvalue weighted by Crippen LogP contribution is 2.56. The van der Waals surface area contributed by atoms with Gasteiger partial charge in [0.2, 0.25) is 0 Å². The molecule has 2 aliphatic heterocycles. The zero-order valence-electron chi connectivity index (χ0n) is 21.2. The lowest BCUT2D eigenvalue weighted by Crippen LogP contribution is -2.54. The molecule has 2 bridgehead atoms. The van der Waals surface area contributed by atoms with Crippen molar-refractivity contribution >= 4 is 17.9 Å². The van der Waals surface area contributed by atoms with E-state index >= 15 is 0 Å². The quantitative estimate of drug-likeness (QED) is 0.342. The molecular formula is C26H38O7. The van der Waals surface area contributed by atoms with Crippen LogP contribution in [0.15, 0.2) is 23.0 Å². The SMILES string of the molecule is CC(=O)OC1=C(C)[C@H]2[C@@H]([C@@H](C(C)(C)OC(C)=O)C1)[C@@H]1O[C@H]2C/C(C)=C/CC[C@]1(C)OC(C)=O. The van der Waals surface area contributed by atoms with E-state index in [1.165, 1.54) is 26.3 Å². The van der Waals surface area contributed by atoms with Gasteiger partial charge in [-0.1, -0.05) is 11.6 Å². The molecule has 0 unspecified atom stereocenters. The maximum Gasteiger partial charge on any atom is 0.307 e. The van der Waals surface area contributed by atoms with Gasteiger partial charge in [0.25, 0.3) is 0 Å². The fourth-order valence-corrected chi connectivity index (χ4v) is 6.27. The molecule has 0 radical (unpaired) electrons. The molecule has 0 aromatic heterocycles. The third kappa shape index (κ3) is 5.18. The van der Waals surface area contributed by atoms with E-state index in [9.17, 15) is 14.4 Å². The summed E-state index contributed by atoms with van der Waals surface area (Å²) in [5.41, 5.74) is 0.517. The van der Waals surface area contributed by atoms with Gasteiger partial charge in [-0.2, -0.15) is 0 Å². The second-order valence-electron chi connectivity index (χ2n) is 10.6. The number of fused-ring (bicyclic) bond motifs is 5.